The Bertz CT molecular complexity index is 750. The molecule has 0 spiro atoms. The molecule has 0 bridgehead atoms. The summed E-state index contributed by atoms with van der Waals surface area (Å²) in [5.74, 6) is 0.976. The molecule has 1 saturated carbocycles. The lowest BCUT2D eigenvalue weighted by molar-refractivity contribution is -0.120. The van der Waals surface area contributed by atoms with Gasteiger partial charge in [0.1, 0.15) is 6.61 Å². The minimum atomic E-state index is -0.205. The lowest BCUT2D eigenvalue weighted by Gasteiger charge is -2.22. The van der Waals surface area contributed by atoms with E-state index in [2.05, 4.69) is 28.8 Å². The second-order valence-electron chi connectivity index (χ2n) is 8.26. The van der Waals surface area contributed by atoms with Crippen molar-refractivity contribution >= 4 is 5.91 Å². The van der Waals surface area contributed by atoms with Crippen LogP contribution in [0.25, 0.3) is 0 Å². The van der Waals surface area contributed by atoms with Crippen LogP contribution in [0.15, 0.2) is 35.0 Å². The van der Waals surface area contributed by atoms with Crippen molar-refractivity contribution in [3.63, 3.8) is 0 Å². The third kappa shape index (κ3) is 8.96. The number of para-hydroxylation sites is 1. The molecule has 0 heterocycles. The lowest BCUT2D eigenvalue weighted by atomic mass is 9.97. The first-order valence-electron chi connectivity index (χ1n) is 11.7. The first-order chi connectivity index (χ1) is 15.6. The van der Waals surface area contributed by atoms with Crippen molar-refractivity contribution in [3.8, 4) is 11.5 Å². The standard InChI is InChI=1S/C24H38N4O4/c1-2-3-4-7-20(16-22(30)27-17-28-31)23(18-11-12-18)26-14-15-32-24-19(9-6-13-25)8-5-10-21(24)29/h5,7-8,10,18,23,26,29H,2-4,6,9,11-17,25H2,1H3,(H,27,30)/b20-7-. The quantitative estimate of drug-likeness (QED) is 0.165. The van der Waals surface area contributed by atoms with Crippen LogP contribution in [0, 0.1) is 10.8 Å². The third-order valence-electron chi connectivity index (χ3n) is 5.60. The maximum atomic E-state index is 12.2. The van der Waals surface area contributed by atoms with Gasteiger partial charge in [-0.15, -0.1) is 4.91 Å². The lowest BCUT2D eigenvalue weighted by Crippen LogP contribution is -2.37. The topological polar surface area (TPSA) is 126 Å². The number of carbonyl (C=O) groups excluding carboxylic acids is 1. The number of nitrogens with one attached hydrogen (secondary N) is 2. The molecule has 1 aromatic carbocycles. The minimum Gasteiger partial charge on any atom is -0.504 e. The Labute approximate surface area is 191 Å². The maximum Gasteiger partial charge on any atom is 0.225 e. The molecule has 8 nitrogen and oxygen atoms in total. The van der Waals surface area contributed by atoms with Crippen molar-refractivity contribution < 1.29 is 14.6 Å². The molecule has 178 valence electrons. The van der Waals surface area contributed by atoms with Crippen LogP contribution in [-0.2, 0) is 11.2 Å². The molecule has 8 heteroatoms. The van der Waals surface area contributed by atoms with Crippen LogP contribution in [-0.4, -0.2) is 43.4 Å². The highest BCUT2D eigenvalue weighted by atomic mass is 16.5. The van der Waals surface area contributed by atoms with Crippen LogP contribution in [0.3, 0.4) is 0 Å². The Morgan fingerprint density at radius 1 is 1.38 bits per heavy atom. The van der Waals surface area contributed by atoms with Gasteiger partial charge in [-0.1, -0.05) is 38.0 Å². The minimum absolute atomic E-state index is 0.103. The highest BCUT2D eigenvalue weighted by Crippen LogP contribution is 2.37. The van der Waals surface area contributed by atoms with Gasteiger partial charge in [-0.3, -0.25) is 4.79 Å². The van der Waals surface area contributed by atoms with E-state index < -0.39 is 0 Å². The van der Waals surface area contributed by atoms with E-state index in [-0.39, 0.29) is 30.8 Å². The van der Waals surface area contributed by atoms with Gasteiger partial charge in [0.2, 0.25) is 5.91 Å². The molecule has 32 heavy (non-hydrogen) atoms. The van der Waals surface area contributed by atoms with E-state index in [0.29, 0.717) is 31.4 Å². The smallest absolute Gasteiger partial charge is 0.225 e. The molecule has 1 aliphatic rings. The van der Waals surface area contributed by atoms with Gasteiger partial charge < -0.3 is 26.2 Å². The van der Waals surface area contributed by atoms with Crippen molar-refractivity contribution in [2.75, 3.05) is 26.4 Å². The van der Waals surface area contributed by atoms with Gasteiger partial charge in [0.15, 0.2) is 18.2 Å². The average Bonchev–Trinajstić information content (AvgIpc) is 3.62. The Hall–Kier alpha value is -2.45. The molecular formula is C24H38N4O4. The summed E-state index contributed by atoms with van der Waals surface area (Å²) in [6.45, 7) is 3.52. The number of unbranched alkanes of at least 4 members (excludes halogenated alkanes) is 2. The number of aryl methyl sites for hydroxylation is 1. The van der Waals surface area contributed by atoms with Crippen LogP contribution in [0.4, 0.5) is 0 Å². The van der Waals surface area contributed by atoms with Gasteiger partial charge in [-0.2, -0.15) is 0 Å². The number of allylic oxidation sites excluding steroid dienone is 1. The van der Waals surface area contributed by atoms with Gasteiger partial charge in [0, 0.05) is 19.0 Å². The van der Waals surface area contributed by atoms with Crippen LogP contribution < -0.4 is 21.1 Å². The number of hydrogen-bond donors (Lipinski definition) is 4. The van der Waals surface area contributed by atoms with Crippen molar-refractivity contribution in [2.45, 2.75) is 64.3 Å². The first kappa shape index (κ1) is 25.8. The molecule has 0 aliphatic heterocycles. The zero-order chi connectivity index (χ0) is 23.2. The fourth-order valence-corrected chi connectivity index (χ4v) is 3.79. The molecule has 1 atom stereocenters. The molecule has 1 aliphatic carbocycles. The fraction of sp³-hybridized carbons (Fsp3) is 0.625. The number of benzene rings is 1. The van der Waals surface area contributed by atoms with Crippen molar-refractivity contribution in [2.24, 2.45) is 16.8 Å². The van der Waals surface area contributed by atoms with Crippen LogP contribution >= 0.6 is 0 Å². The van der Waals surface area contributed by atoms with Crippen LogP contribution in [0.2, 0.25) is 0 Å². The number of ether oxygens (including phenoxy) is 1. The summed E-state index contributed by atoms with van der Waals surface area (Å²) >= 11 is 0. The van der Waals surface area contributed by atoms with E-state index in [4.69, 9.17) is 10.5 Å². The summed E-state index contributed by atoms with van der Waals surface area (Å²) < 4.78 is 5.93. The molecular weight excluding hydrogens is 408 g/mol. The number of nitroso groups, excluding NO2 is 1. The first-order valence-corrected chi connectivity index (χ1v) is 11.7. The molecule has 0 radical (unpaired) electrons. The molecule has 0 aromatic heterocycles. The zero-order valence-corrected chi connectivity index (χ0v) is 19.1. The van der Waals surface area contributed by atoms with Crippen molar-refractivity contribution in [1.82, 2.24) is 10.6 Å². The van der Waals surface area contributed by atoms with Gasteiger partial charge in [0.05, 0.1) is 0 Å². The van der Waals surface area contributed by atoms with E-state index in [1.54, 1.807) is 6.07 Å². The molecule has 1 unspecified atom stereocenters. The number of nitrogens with two attached hydrogens (primary N) is 1. The molecule has 2 rings (SSSR count). The summed E-state index contributed by atoms with van der Waals surface area (Å²) in [7, 11) is 0. The summed E-state index contributed by atoms with van der Waals surface area (Å²) in [6, 6.07) is 5.50. The summed E-state index contributed by atoms with van der Waals surface area (Å²) in [5, 5.41) is 19.0. The Morgan fingerprint density at radius 2 is 2.19 bits per heavy atom. The number of phenolic OH excluding ortho intramolecular Hbond substituents is 1. The van der Waals surface area contributed by atoms with Gasteiger partial charge >= 0.3 is 0 Å². The zero-order valence-electron chi connectivity index (χ0n) is 19.1. The highest BCUT2D eigenvalue weighted by molar-refractivity contribution is 5.78. The van der Waals surface area contributed by atoms with Crippen molar-refractivity contribution in [1.29, 1.82) is 0 Å². The van der Waals surface area contributed by atoms with E-state index in [1.165, 1.54) is 0 Å². The Morgan fingerprint density at radius 3 is 2.88 bits per heavy atom. The number of phenols is 1. The Balaban J connectivity index is 1.97. The largest absolute Gasteiger partial charge is 0.504 e. The molecule has 0 saturated heterocycles. The fourth-order valence-electron chi connectivity index (χ4n) is 3.79. The summed E-state index contributed by atoms with van der Waals surface area (Å²) in [6.07, 6.45) is 9.36. The predicted octanol–water partition coefficient (Wildman–Crippen LogP) is 3.38. The molecule has 5 N–H and O–H groups in total. The predicted molar refractivity (Wildman–Crippen MR) is 127 cm³/mol. The normalized spacial score (nSPS) is 14.8. The SMILES string of the molecule is CCCC/C=C(/CC(=O)NCN=O)C(NCCOc1c(O)cccc1CCCN)C1CC1. The number of hydrogen-bond acceptors (Lipinski definition) is 7. The molecule has 1 aromatic rings. The number of carbonyl (C=O) groups is 1. The average molecular weight is 447 g/mol. The van der Waals surface area contributed by atoms with Crippen molar-refractivity contribution in [3.05, 3.63) is 40.3 Å². The number of rotatable bonds is 17. The second-order valence-corrected chi connectivity index (χ2v) is 8.26. The van der Waals surface area contributed by atoms with Gasteiger partial charge in [-0.25, -0.2) is 0 Å². The Kier molecular flexibility index (Phi) is 11.8. The number of aromatic hydroxyl groups is 1. The van der Waals surface area contributed by atoms with E-state index in [1.807, 2.05) is 12.1 Å². The van der Waals surface area contributed by atoms with E-state index >= 15 is 0 Å². The molecule has 1 fully saturated rings. The highest BCUT2D eigenvalue weighted by Gasteiger charge is 2.33. The van der Waals surface area contributed by atoms with Gasteiger partial charge in [0.25, 0.3) is 0 Å². The molecule has 1 amide bonds. The second kappa shape index (κ2) is 14.6. The number of nitrogens with zero attached hydrogens (tertiary/aromatic N) is 1. The summed E-state index contributed by atoms with van der Waals surface area (Å²) in [5.41, 5.74) is 7.64. The maximum absolute atomic E-state index is 12.2. The monoisotopic (exact) mass is 446 g/mol. The van der Waals surface area contributed by atoms with E-state index in [9.17, 15) is 14.8 Å². The summed E-state index contributed by atoms with van der Waals surface area (Å²) in [4.78, 5) is 22.6. The number of amides is 1. The van der Waals surface area contributed by atoms with Gasteiger partial charge in [-0.05, 0) is 66.9 Å². The van der Waals surface area contributed by atoms with Crippen LogP contribution in [0.5, 0.6) is 11.5 Å². The third-order valence-corrected chi connectivity index (χ3v) is 5.60. The van der Waals surface area contributed by atoms with E-state index in [0.717, 1.165) is 56.1 Å². The van der Waals surface area contributed by atoms with Crippen LogP contribution in [0.1, 0.15) is 57.4 Å².